The number of fused-ring (bicyclic) bond motifs is 1. The van der Waals surface area contributed by atoms with Gasteiger partial charge < -0.3 is 14.5 Å². The molecular weight excluding hydrogens is 446 g/mol. The second-order valence-corrected chi connectivity index (χ2v) is 9.02. The van der Waals surface area contributed by atoms with Gasteiger partial charge in [0.1, 0.15) is 0 Å². The lowest BCUT2D eigenvalue weighted by Gasteiger charge is -2.37. The van der Waals surface area contributed by atoms with Crippen LogP contribution in [0.4, 0.5) is 0 Å². The molecule has 0 radical (unpaired) electrons. The van der Waals surface area contributed by atoms with E-state index in [-0.39, 0.29) is 18.9 Å². The minimum absolute atomic E-state index is 0.0228. The number of thioether (sulfide) groups is 1. The number of ether oxygens (including phenoxy) is 1. The van der Waals surface area contributed by atoms with E-state index in [1.54, 1.807) is 18.9 Å². The van der Waals surface area contributed by atoms with Gasteiger partial charge in [0.25, 0.3) is 0 Å². The molecule has 2 heterocycles. The summed E-state index contributed by atoms with van der Waals surface area (Å²) in [6.45, 7) is 6.69. The van der Waals surface area contributed by atoms with Crippen molar-refractivity contribution in [3.63, 3.8) is 0 Å². The van der Waals surface area contributed by atoms with Crippen LogP contribution in [-0.2, 0) is 14.3 Å². The van der Waals surface area contributed by atoms with E-state index in [1.165, 1.54) is 11.8 Å². The van der Waals surface area contributed by atoms with E-state index in [9.17, 15) is 9.59 Å². The summed E-state index contributed by atoms with van der Waals surface area (Å²) < 4.78 is 5.55. The second kappa shape index (κ2) is 10.3. The number of amides is 1. The number of carbonyl (C=O) groups is 2. The molecule has 4 rings (SSSR count). The van der Waals surface area contributed by atoms with Gasteiger partial charge in [0, 0.05) is 24.9 Å². The van der Waals surface area contributed by atoms with Crippen molar-refractivity contribution in [1.29, 1.82) is 0 Å². The Morgan fingerprint density at radius 2 is 1.79 bits per heavy atom. The SMILES string of the molecule is CCOC(=O)C1=C(c2ccccc2)N=C2SC=C(CC(=O)N(C)CC)N2C1c1ccccc1C. The number of nitrogens with zero attached hydrogens (tertiary/aromatic N) is 3. The standard InChI is InChI=1S/C27H29N3O3S/c1-5-29(4)22(31)16-20-17-34-27-28-24(19-13-8-7-9-14-19)23(26(32)33-6-2)25(30(20)27)21-15-11-10-12-18(21)3/h7-15,17,25H,5-6,16H2,1-4H3. The Hall–Kier alpha value is -3.32. The minimum atomic E-state index is -0.455. The molecule has 0 spiro atoms. The van der Waals surface area contributed by atoms with Gasteiger partial charge in [-0.25, -0.2) is 9.79 Å². The average Bonchev–Trinajstić information content (AvgIpc) is 3.25. The molecule has 176 valence electrons. The number of hydrogen-bond acceptors (Lipinski definition) is 6. The smallest absolute Gasteiger partial charge is 0.338 e. The summed E-state index contributed by atoms with van der Waals surface area (Å²) >= 11 is 1.48. The van der Waals surface area contributed by atoms with E-state index >= 15 is 0 Å². The Morgan fingerprint density at radius 3 is 2.47 bits per heavy atom. The average molecular weight is 476 g/mol. The number of hydrogen-bond donors (Lipinski definition) is 0. The van der Waals surface area contributed by atoms with Crippen molar-refractivity contribution in [2.24, 2.45) is 4.99 Å². The molecule has 34 heavy (non-hydrogen) atoms. The zero-order valence-electron chi connectivity index (χ0n) is 19.9. The summed E-state index contributed by atoms with van der Waals surface area (Å²) in [4.78, 5) is 35.0. The molecule has 0 saturated heterocycles. The first-order valence-electron chi connectivity index (χ1n) is 11.5. The van der Waals surface area contributed by atoms with E-state index in [2.05, 4.69) is 0 Å². The van der Waals surface area contributed by atoms with Crippen molar-refractivity contribution in [2.75, 3.05) is 20.2 Å². The van der Waals surface area contributed by atoms with Crippen molar-refractivity contribution in [3.05, 3.63) is 88.0 Å². The second-order valence-electron chi connectivity index (χ2n) is 8.18. The maximum atomic E-state index is 13.5. The van der Waals surface area contributed by atoms with Gasteiger partial charge in [0.15, 0.2) is 5.17 Å². The van der Waals surface area contributed by atoms with Crippen LogP contribution >= 0.6 is 11.8 Å². The number of benzene rings is 2. The normalized spacial score (nSPS) is 17.2. The molecule has 2 aliphatic heterocycles. The maximum Gasteiger partial charge on any atom is 0.338 e. The monoisotopic (exact) mass is 475 g/mol. The van der Waals surface area contributed by atoms with Gasteiger partial charge in [-0.3, -0.25) is 4.79 Å². The summed E-state index contributed by atoms with van der Waals surface area (Å²) in [5.74, 6) is -0.375. The van der Waals surface area contributed by atoms with Crippen molar-refractivity contribution in [2.45, 2.75) is 33.2 Å². The quantitative estimate of drug-likeness (QED) is 0.519. The van der Waals surface area contributed by atoms with Crippen LogP contribution in [-0.4, -0.2) is 47.0 Å². The Balaban J connectivity index is 1.91. The summed E-state index contributed by atoms with van der Waals surface area (Å²) in [5, 5.41) is 2.73. The summed E-state index contributed by atoms with van der Waals surface area (Å²) in [6.07, 6.45) is 0.232. The van der Waals surface area contributed by atoms with Crippen LogP contribution in [0.15, 0.2) is 76.3 Å². The van der Waals surface area contributed by atoms with Crippen LogP contribution in [0, 0.1) is 6.92 Å². The highest BCUT2D eigenvalue weighted by Crippen LogP contribution is 2.47. The first kappa shape index (κ1) is 23.8. The molecule has 1 amide bonds. The molecular formula is C27H29N3O3S. The van der Waals surface area contributed by atoms with Gasteiger partial charge in [-0.15, -0.1) is 0 Å². The molecule has 0 aromatic heterocycles. The van der Waals surface area contributed by atoms with Gasteiger partial charge >= 0.3 is 5.97 Å². The molecule has 2 aromatic rings. The lowest BCUT2D eigenvalue weighted by atomic mass is 9.89. The number of rotatable bonds is 7. The molecule has 1 unspecified atom stereocenters. The first-order valence-corrected chi connectivity index (χ1v) is 12.3. The number of amidine groups is 1. The Labute approximate surface area is 205 Å². The van der Waals surface area contributed by atoms with Gasteiger partial charge in [-0.05, 0) is 37.3 Å². The van der Waals surface area contributed by atoms with E-state index < -0.39 is 12.0 Å². The zero-order valence-corrected chi connectivity index (χ0v) is 20.8. The van der Waals surface area contributed by atoms with Crippen molar-refractivity contribution in [1.82, 2.24) is 9.80 Å². The van der Waals surface area contributed by atoms with E-state index in [0.29, 0.717) is 17.8 Å². The summed E-state index contributed by atoms with van der Waals surface area (Å²) in [5.41, 5.74) is 4.81. The van der Waals surface area contributed by atoms with Crippen LogP contribution in [0.1, 0.15) is 43.0 Å². The lowest BCUT2D eigenvalue weighted by molar-refractivity contribution is -0.139. The Kier molecular flexibility index (Phi) is 7.22. The van der Waals surface area contributed by atoms with Crippen molar-refractivity contribution in [3.8, 4) is 0 Å². The van der Waals surface area contributed by atoms with Gasteiger partial charge in [-0.1, -0.05) is 66.4 Å². The van der Waals surface area contributed by atoms with Crippen LogP contribution in [0.5, 0.6) is 0 Å². The molecule has 6 nitrogen and oxygen atoms in total. The van der Waals surface area contributed by atoms with Gasteiger partial charge in [0.2, 0.25) is 5.91 Å². The minimum Gasteiger partial charge on any atom is -0.463 e. The van der Waals surface area contributed by atoms with Crippen molar-refractivity contribution < 1.29 is 14.3 Å². The van der Waals surface area contributed by atoms with E-state index in [4.69, 9.17) is 9.73 Å². The van der Waals surface area contributed by atoms with E-state index in [1.807, 2.05) is 78.8 Å². The highest BCUT2D eigenvalue weighted by Gasteiger charge is 2.42. The Morgan fingerprint density at radius 1 is 1.09 bits per heavy atom. The van der Waals surface area contributed by atoms with Crippen LogP contribution < -0.4 is 0 Å². The number of aryl methyl sites for hydroxylation is 1. The third kappa shape index (κ3) is 4.53. The molecule has 2 aliphatic rings. The van der Waals surface area contributed by atoms with Gasteiger partial charge in [-0.2, -0.15) is 0 Å². The Bertz CT molecular complexity index is 1190. The predicted molar refractivity (Wildman–Crippen MR) is 137 cm³/mol. The largest absolute Gasteiger partial charge is 0.463 e. The van der Waals surface area contributed by atoms with E-state index in [0.717, 1.165) is 27.6 Å². The van der Waals surface area contributed by atoms with Gasteiger partial charge in [0.05, 0.1) is 30.3 Å². The zero-order chi connectivity index (χ0) is 24.2. The molecule has 2 aromatic carbocycles. The van der Waals surface area contributed by atoms with Crippen LogP contribution in [0.25, 0.3) is 5.70 Å². The number of carbonyl (C=O) groups excluding carboxylic acids is 2. The molecule has 0 N–H and O–H groups in total. The molecule has 0 bridgehead atoms. The number of esters is 1. The molecule has 0 fully saturated rings. The first-order chi connectivity index (χ1) is 16.5. The molecule has 0 saturated carbocycles. The highest BCUT2D eigenvalue weighted by molar-refractivity contribution is 8.16. The fourth-order valence-corrected chi connectivity index (χ4v) is 5.06. The van der Waals surface area contributed by atoms with Crippen LogP contribution in [0.3, 0.4) is 0 Å². The highest BCUT2D eigenvalue weighted by atomic mass is 32.2. The molecule has 0 aliphatic carbocycles. The van der Waals surface area contributed by atoms with Crippen LogP contribution in [0.2, 0.25) is 0 Å². The topological polar surface area (TPSA) is 62.2 Å². The lowest BCUT2D eigenvalue weighted by Crippen LogP contribution is -2.38. The maximum absolute atomic E-state index is 13.5. The fourth-order valence-electron chi connectivity index (χ4n) is 4.14. The fraction of sp³-hybridized carbons (Fsp3) is 0.296. The molecule has 1 atom stereocenters. The summed E-state index contributed by atoms with van der Waals surface area (Å²) in [7, 11) is 1.80. The third-order valence-corrected chi connectivity index (χ3v) is 6.96. The predicted octanol–water partition coefficient (Wildman–Crippen LogP) is 5.14. The summed E-state index contributed by atoms with van der Waals surface area (Å²) in [6, 6.07) is 17.3. The third-order valence-electron chi connectivity index (χ3n) is 6.07. The van der Waals surface area contributed by atoms with Crippen molar-refractivity contribution >= 4 is 34.5 Å². The number of aliphatic imine (C=N–C) groups is 1. The molecule has 7 heteroatoms.